The molecule has 0 spiro atoms. The first-order valence-corrected chi connectivity index (χ1v) is 4.17. The van der Waals surface area contributed by atoms with Crippen molar-refractivity contribution in [1.82, 2.24) is 0 Å². The molecule has 1 rings (SSSR count). The van der Waals surface area contributed by atoms with Crippen molar-refractivity contribution in [2.75, 3.05) is 0 Å². The van der Waals surface area contributed by atoms with E-state index in [1.54, 1.807) is 24.3 Å². The molecule has 0 amide bonds. The molecule has 0 aliphatic carbocycles. The molecule has 0 bridgehead atoms. The molecular formula is C10H7ClN2. The minimum atomic E-state index is -0.372. The van der Waals surface area contributed by atoms with Crippen LogP contribution < -0.4 is 0 Å². The number of hydrogen-bond donors (Lipinski definition) is 0. The van der Waals surface area contributed by atoms with Gasteiger partial charge in [-0.2, -0.15) is 10.5 Å². The second kappa shape index (κ2) is 4.50. The van der Waals surface area contributed by atoms with E-state index < -0.39 is 0 Å². The van der Waals surface area contributed by atoms with Gasteiger partial charge < -0.3 is 0 Å². The molecule has 1 atom stereocenters. The number of halogens is 1. The third-order valence-electron chi connectivity index (χ3n) is 1.70. The number of nitriles is 2. The Balaban J connectivity index is 2.94. The summed E-state index contributed by atoms with van der Waals surface area (Å²) in [5.41, 5.74) is 0.802. The number of rotatable bonds is 2. The summed E-state index contributed by atoms with van der Waals surface area (Å²) in [6.07, 6.45) is 0.205. The highest BCUT2D eigenvalue weighted by molar-refractivity contribution is 6.30. The minimum absolute atomic E-state index is 0.205. The standard InChI is InChI=1S/C10H7ClN2/c11-10-3-1-2-8(6-10)9(7-13)4-5-12/h1-3,6,9H,4H2/t9-/m0/s1. The Morgan fingerprint density at radius 2 is 2.15 bits per heavy atom. The normalized spacial score (nSPS) is 11.3. The Bertz CT molecular complexity index is 373. The first kappa shape index (κ1) is 9.58. The molecule has 0 aromatic heterocycles. The fraction of sp³-hybridized carbons (Fsp3) is 0.200. The second-order valence-electron chi connectivity index (χ2n) is 2.60. The topological polar surface area (TPSA) is 47.6 Å². The van der Waals surface area contributed by atoms with Gasteiger partial charge in [0, 0.05) is 5.02 Å². The van der Waals surface area contributed by atoms with Crippen LogP contribution in [0.3, 0.4) is 0 Å². The SMILES string of the molecule is N#CC[C@@H](C#N)c1cccc(Cl)c1. The van der Waals surface area contributed by atoms with Crippen LogP contribution in [0.15, 0.2) is 24.3 Å². The van der Waals surface area contributed by atoms with Gasteiger partial charge in [0.25, 0.3) is 0 Å². The molecular weight excluding hydrogens is 184 g/mol. The summed E-state index contributed by atoms with van der Waals surface area (Å²) in [5, 5.41) is 17.8. The van der Waals surface area contributed by atoms with Crippen LogP contribution in [0.25, 0.3) is 0 Å². The maximum absolute atomic E-state index is 8.76. The maximum Gasteiger partial charge on any atom is 0.0843 e. The van der Waals surface area contributed by atoms with Crippen LogP contribution in [0.2, 0.25) is 5.02 Å². The Labute approximate surface area is 82.0 Å². The lowest BCUT2D eigenvalue weighted by Crippen LogP contribution is -1.93. The van der Waals surface area contributed by atoms with Gasteiger partial charge in [-0.15, -0.1) is 0 Å². The van der Waals surface area contributed by atoms with Gasteiger partial charge in [-0.25, -0.2) is 0 Å². The zero-order valence-corrected chi connectivity index (χ0v) is 7.62. The maximum atomic E-state index is 8.76. The molecule has 1 aromatic rings. The van der Waals surface area contributed by atoms with Gasteiger partial charge in [-0.3, -0.25) is 0 Å². The third kappa shape index (κ3) is 2.47. The highest BCUT2D eigenvalue weighted by atomic mass is 35.5. The van der Waals surface area contributed by atoms with Crippen molar-refractivity contribution in [3.8, 4) is 12.1 Å². The highest BCUT2D eigenvalue weighted by Crippen LogP contribution is 2.21. The molecule has 13 heavy (non-hydrogen) atoms. The van der Waals surface area contributed by atoms with Crippen molar-refractivity contribution < 1.29 is 0 Å². The quantitative estimate of drug-likeness (QED) is 0.720. The van der Waals surface area contributed by atoms with E-state index >= 15 is 0 Å². The second-order valence-corrected chi connectivity index (χ2v) is 3.04. The fourth-order valence-corrected chi connectivity index (χ4v) is 1.25. The number of benzene rings is 1. The minimum Gasteiger partial charge on any atom is -0.198 e. The smallest absolute Gasteiger partial charge is 0.0843 e. The third-order valence-corrected chi connectivity index (χ3v) is 1.94. The molecule has 0 aliphatic heterocycles. The summed E-state index contributed by atoms with van der Waals surface area (Å²) in [6, 6.07) is 11.1. The Morgan fingerprint density at radius 3 is 2.69 bits per heavy atom. The van der Waals surface area contributed by atoms with E-state index in [2.05, 4.69) is 6.07 Å². The van der Waals surface area contributed by atoms with E-state index in [4.69, 9.17) is 22.1 Å². The lowest BCUT2D eigenvalue weighted by atomic mass is 9.98. The van der Waals surface area contributed by atoms with Gasteiger partial charge in [0.05, 0.1) is 24.5 Å². The van der Waals surface area contributed by atoms with Crippen molar-refractivity contribution in [2.24, 2.45) is 0 Å². The van der Waals surface area contributed by atoms with Crippen LogP contribution >= 0.6 is 11.6 Å². The van der Waals surface area contributed by atoms with Gasteiger partial charge in [0.2, 0.25) is 0 Å². The molecule has 0 saturated heterocycles. The average molecular weight is 191 g/mol. The van der Waals surface area contributed by atoms with Crippen LogP contribution in [-0.2, 0) is 0 Å². The van der Waals surface area contributed by atoms with Gasteiger partial charge in [-0.1, -0.05) is 23.7 Å². The van der Waals surface area contributed by atoms with Crippen LogP contribution in [0, 0.1) is 22.7 Å². The van der Waals surface area contributed by atoms with Gasteiger partial charge in [0.1, 0.15) is 0 Å². The molecule has 1 aromatic carbocycles. The lowest BCUT2D eigenvalue weighted by molar-refractivity contribution is 0.887. The molecule has 0 radical (unpaired) electrons. The van der Waals surface area contributed by atoms with E-state index in [1.807, 2.05) is 6.07 Å². The van der Waals surface area contributed by atoms with Crippen molar-refractivity contribution >= 4 is 11.6 Å². The summed E-state index contributed by atoms with van der Waals surface area (Å²) in [4.78, 5) is 0. The van der Waals surface area contributed by atoms with Crippen LogP contribution in [0.5, 0.6) is 0 Å². The zero-order valence-electron chi connectivity index (χ0n) is 6.87. The van der Waals surface area contributed by atoms with Crippen molar-refractivity contribution in [3.63, 3.8) is 0 Å². The van der Waals surface area contributed by atoms with Crippen molar-refractivity contribution in [3.05, 3.63) is 34.9 Å². The van der Waals surface area contributed by atoms with E-state index in [9.17, 15) is 0 Å². The summed E-state index contributed by atoms with van der Waals surface area (Å²) >= 11 is 5.75. The zero-order chi connectivity index (χ0) is 9.68. The molecule has 0 saturated carbocycles. The van der Waals surface area contributed by atoms with Crippen molar-refractivity contribution in [2.45, 2.75) is 12.3 Å². The molecule has 2 nitrogen and oxygen atoms in total. The molecule has 0 aliphatic rings. The summed E-state index contributed by atoms with van der Waals surface area (Å²) in [5.74, 6) is -0.372. The molecule has 0 unspecified atom stereocenters. The van der Waals surface area contributed by atoms with E-state index in [1.165, 1.54) is 0 Å². The average Bonchev–Trinajstić information content (AvgIpc) is 2.14. The van der Waals surface area contributed by atoms with Crippen LogP contribution in [0.4, 0.5) is 0 Å². The molecule has 0 N–H and O–H groups in total. The van der Waals surface area contributed by atoms with Gasteiger partial charge in [-0.05, 0) is 17.7 Å². The Kier molecular flexibility index (Phi) is 3.31. The first-order valence-electron chi connectivity index (χ1n) is 3.80. The van der Waals surface area contributed by atoms with E-state index in [0.29, 0.717) is 5.02 Å². The summed E-state index contributed by atoms with van der Waals surface area (Å²) < 4.78 is 0. The van der Waals surface area contributed by atoms with Gasteiger partial charge >= 0.3 is 0 Å². The summed E-state index contributed by atoms with van der Waals surface area (Å²) in [6.45, 7) is 0. The molecule has 3 heteroatoms. The van der Waals surface area contributed by atoms with Gasteiger partial charge in [0.15, 0.2) is 0 Å². The summed E-state index contributed by atoms with van der Waals surface area (Å²) in [7, 11) is 0. The largest absolute Gasteiger partial charge is 0.198 e. The predicted molar refractivity (Wildman–Crippen MR) is 50.0 cm³/mol. The number of hydrogen-bond acceptors (Lipinski definition) is 2. The van der Waals surface area contributed by atoms with Crippen LogP contribution in [-0.4, -0.2) is 0 Å². The predicted octanol–water partition coefficient (Wildman–Crippen LogP) is 2.86. The van der Waals surface area contributed by atoms with Crippen LogP contribution in [0.1, 0.15) is 17.9 Å². The van der Waals surface area contributed by atoms with E-state index in [-0.39, 0.29) is 12.3 Å². The lowest BCUT2D eigenvalue weighted by Gasteiger charge is -2.04. The molecule has 64 valence electrons. The molecule has 0 heterocycles. The molecule has 0 fully saturated rings. The highest BCUT2D eigenvalue weighted by Gasteiger charge is 2.09. The Morgan fingerprint density at radius 1 is 1.38 bits per heavy atom. The fourth-order valence-electron chi connectivity index (χ4n) is 1.05. The first-order chi connectivity index (χ1) is 6.27. The number of nitrogens with zero attached hydrogens (tertiary/aromatic N) is 2. The van der Waals surface area contributed by atoms with Crippen molar-refractivity contribution in [1.29, 1.82) is 10.5 Å². The Hall–Kier alpha value is -1.51. The monoisotopic (exact) mass is 190 g/mol. The van der Waals surface area contributed by atoms with E-state index in [0.717, 1.165) is 5.56 Å².